The zero-order valence-electron chi connectivity index (χ0n) is 13.1. The van der Waals surface area contributed by atoms with Crippen molar-refractivity contribution in [3.05, 3.63) is 0 Å². The molecule has 2 unspecified atom stereocenters. The fraction of sp³-hybridized carbons (Fsp3) is 0.857. The predicted octanol–water partition coefficient (Wildman–Crippen LogP) is 0.717. The topological polar surface area (TPSA) is 83.6 Å². The van der Waals surface area contributed by atoms with Crippen molar-refractivity contribution in [3.8, 4) is 0 Å². The Labute approximate surface area is 127 Å². The van der Waals surface area contributed by atoms with Gasteiger partial charge in [-0.1, -0.05) is 27.2 Å². The van der Waals surface area contributed by atoms with Gasteiger partial charge in [0.25, 0.3) is 0 Å². The van der Waals surface area contributed by atoms with Gasteiger partial charge < -0.3 is 10.2 Å². The molecule has 0 aromatic rings. The second kappa shape index (κ2) is 7.77. The smallest absolute Gasteiger partial charge is 0.245 e. The summed E-state index contributed by atoms with van der Waals surface area (Å²) in [6.45, 7) is 5.75. The van der Waals surface area contributed by atoms with E-state index in [1.165, 1.54) is 0 Å². The molecule has 1 saturated heterocycles. The minimum absolute atomic E-state index is 0.0601. The van der Waals surface area contributed by atoms with Crippen molar-refractivity contribution in [3.63, 3.8) is 0 Å². The largest absolute Gasteiger partial charge is 0.343 e. The molecule has 21 heavy (non-hydrogen) atoms. The first kappa shape index (κ1) is 17.9. The van der Waals surface area contributed by atoms with E-state index in [1.54, 1.807) is 11.8 Å². The quantitative estimate of drug-likeness (QED) is 0.714. The molecule has 0 spiro atoms. The number of nitrogens with one attached hydrogen (secondary N) is 1. The summed E-state index contributed by atoms with van der Waals surface area (Å²) in [6, 6.07) is -0.942. The predicted molar refractivity (Wildman–Crippen MR) is 81.6 cm³/mol. The van der Waals surface area contributed by atoms with E-state index in [2.05, 4.69) is 5.32 Å². The second-order valence-corrected chi connectivity index (χ2v) is 7.87. The molecule has 1 aliphatic heterocycles. The minimum atomic E-state index is -3.04. The van der Waals surface area contributed by atoms with Crippen LogP contribution in [0.5, 0.6) is 0 Å². The Hall–Kier alpha value is -1.11. The molecule has 1 fully saturated rings. The van der Waals surface area contributed by atoms with Crippen LogP contribution in [0.4, 0.5) is 0 Å². The highest BCUT2D eigenvalue weighted by Crippen LogP contribution is 2.17. The van der Waals surface area contributed by atoms with E-state index in [0.29, 0.717) is 25.8 Å². The third kappa shape index (κ3) is 4.69. The molecular formula is C14H26N2O4S. The number of nitrogens with zero attached hydrogens (tertiary/aromatic N) is 1. The molecule has 1 rings (SSSR count). The summed E-state index contributed by atoms with van der Waals surface area (Å²) in [7, 11) is -3.04. The summed E-state index contributed by atoms with van der Waals surface area (Å²) in [5, 5.41) is 2.75. The van der Waals surface area contributed by atoms with E-state index in [9.17, 15) is 18.0 Å². The molecule has 0 aromatic carbocycles. The van der Waals surface area contributed by atoms with Crippen LogP contribution in [-0.2, 0) is 19.4 Å². The van der Waals surface area contributed by atoms with Crippen molar-refractivity contribution in [1.29, 1.82) is 0 Å². The van der Waals surface area contributed by atoms with Gasteiger partial charge in [-0.2, -0.15) is 0 Å². The van der Waals surface area contributed by atoms with Crippen LogP contribution < -0.4 is 5.32 Å². The molecule has 122 valence electrons. The number of sulfone groups is 1. The number of hydrogen-bond acceptors (Lipinski definition) is 4. The van der Waals surface area contributed by atoms with Crippen LogP contribution in [0.1, 0.15) is 46.5 Å². The molecule has 0 saturated carbocycles. The van der Waals surface area contributed by atoms with Gasteiger partial charge in [0.05, 0.1) is 5.75 Å². The Balaban J connectivity index is 2.76. The average molecular weight is 318 g/mol. The van der Waals surface area contributed by atoms with Gasteiger partial charge in [0.1, 0.15) is 21.9 Å². The van der Waals surface area contributed by atoms with Gasteiger partial charge in [0.15, 0.2) is 0 Å². The van der Waals surface area contributed by atoms with Crippen LogP contribution in [0.3, 0.4) is 0 Å². The normalized spacial score (nSPS) is 23.3. The van der Waals surface area contributed by atoms with Gasteiger partial charge in [-0.3, -0.25) is 9.59 Å². The van der Waals surface area contributed by atoms with Gasteiger partial charge >= 0.3 is 0 Å². The van der Waals surface area contributed by atoms with E-state index < -0.39 is 21.9 Å². The fourth-order valence-corrected chi connectivity index (χ4v) is 3.38. The van der Waals surface area contributed by atoms with Crippen molar-refractivity contribution in [1.82, 2.24) is 10.2 Å². The Morgan fingerprint density at radius 2 is 1.86 bits per heavy atom. The summed E-state index contributed by atoms with van der Waals surface area (Å²) >= 11 is 0. The summed E-state index contributed by atoms with van der Waals surface area (Å²) in [4.78, 5) is 26.0. The van der Waals surface area contributed by atoms with Gasteiger partial charge in [0.2, 0.25) is 11.8 Å². The van der Waals surface area contributed by atoms with Crippen molar-refractivity contribution in [2.45, 2.75) is 58.5 Å². The molecule has 1 aliphatic rings. The summed E-state index contributed by atoms with van der Waals surface area (Å²) < 4.78 is 23.1. The lowest BCUT2D eigenvalue weighted by atomic mass is 10.0. The number of rotatable bonds is 8. The van der Waals surface area contributed by atoms with Gasteiger partial charge in [-0.15, -0.1) is 0 Å². The number of amides is 2. The Bertz CT molecular complexity index is 475. The fourth-order valence-electron chi connectivity index (χ4n) is 2.53. The number of piperazine rings is 1. The SMILES string of the molecule is CCCC1C(=O)NC(CC)C(=O)N1CCCS(=O)(=O)CC. The Kier molecular flexibility index (Phi) is 6.64. The number of carbonyl (C=O) groups excluding carboxylic acids is 2. The molecule has 0 radical (unpaired) electrons. The first-order chi connectivity index (χ1) is 9.86. The first-order valence-corrected chi connectivity index (χ1v) is 9.49. The van der Waals surface area contributed by atoms with Crippen molar-refractivity contribution in [2.24, 2.45) is 0 Å². The molecular weight excluding hydrogens is 292 g/mol. The summed E-state index contributed by atoms with van der Waals surface area (Å²) in [5.41, 5.74) is 0. The summed E-state index contributed by atoms with van der Waals surface area (Å²) in [6.07, 6.45) is 2.33. The molecule has 0 bridgehead atoms. The molecule has 7 heteroatoms. The third-order valence-electron chi connectivity index (χ3n) is 3.84. The maximum Gasteiger partial charge on any atom is 0.245 e. The lowest BCUT2D eigenvalue weighted by Gasteiger charge is -2.38. The highest BCUT2D eigenvalue weighted by atomic mass is 32.2. The summed E-state index contributed by atoms with van der Waals surface area (Å²) in [5.74, 6) is -0.0480. The Morgan fingerprint density at radius 1 is 1.19 bits per heavy atom. The highest BCUT2D eigenvalue weighted by Gasteiger charge is 2.38. The molecule has 2 atom stereocenters. The second-order valence-electron chi connectivity index (χ2n) is 5.40. The maximum atomic E-state index is 12.4. The first-order valence-electron chi connectivity index (χ1n) is 7.67. The zero-order valence-corrected chi connectivity index (χ0v) is 13.9. The molecule has 2 amide bonds. The van der Waals surface area contributed by atoms with Crippen molar-refractivity contribution < 1.29 is 18.0 Å². The number of hydrogen-bond donors (Lipinski definition) is 1. The monoisotopic (exact) mass is 318 g/mol. The van der Waals surface area contributed by atoms with E-state index in [0.717, 1.165) is 6.42 Å². The van der Waals surface area contributed by atoms with E-state index in [4.69, 9.17) is 0 Å². The van der Waals surface area contributed by atoms with E-state index in [-0.39, 0.29) is 23.3 Å². The lowest BCUT2D eigenvalue weighted by Crippen LogP contribution is -2.63. The van der Waals surface area contributed by atoms with Crippen LogP contribution in [-0.4, -0.2) is 55.3 Å². The van der Waals surface area contributed by atoms with Crippen LogP contribution in [0.15, 0.2) is 0 Å². The van der Waals surface area contributed by atoms with Gasteiger partial charge in [-0.05, 0) is 19.3 Å². The van der Waals surface area contributed by atoms with Crippen LogP contribution in [0.25, 0.3) is 0 Å². The molecule has 0 aliphatic carbocycles. The van der Waals surface area contributed by atoms with Crippen LogP contribution in [0.2, 0.25) is 0 Å². The van der Waals surface area contributed by atoms with Crippen molar-refractivity contribution >= 4 is 21.7 Å². The molecule has 1 heterocycles. The van der Waals surface area contributed by atoms with E-state index >= 15 is 0 Å². The maximum absolute atomic E-state index is 12.4. The standard InChI is InChI=1S/C14H26N2O4S/c1-4-8-12-13(17)15-11(5-2)14(18)16(12)9-7-10-21(19,20)6-3/h11-12H,4-10H2,1-3H3,(H,15,17). The van der Waals surface area contributed by atoms with Gasteiger partial charge in [-0.25, -0.2) is 8.42 Å². The average Bonchev–Trinajstić information content (AvgIpc) is 2.45. The Morgan fingerprint density at radius 3 is 2.38 bits per heavy atom. The minimum Gasteiger partial charge on any atom is -0.343 e. The molecule has 6 nitrogen and oxygen atoms in total. The van der Waals surface area contributed by atoms with Gasteiger partial charge in [0, 0.05) is 12.3 Å². The van der Waals surface area contributed by atoms with Crippen LogP contribution in [0, 0.1) is 0 Å². The van der Waals surface area contributed by atoms with Crippen LogP contribution >= 0.6 is 0 Å². The lowest BCUT2D eigenvalue weighted by molar-refractivity contribution is -0.149. The zero-order chi connectivity index (χ0) is 16.0. The number of carbonyl (C=O) groups is 2. The van der Waals surface area contributed by atoms with Crippen molar-refractivity contribution in [2.75, 3.05) is 18.1 Å². The highest BCUT2D eigenvalue weighted by molar-refractivity contribution is 7.91. The molecule has 1 N–H and O–H groups in total. The third-order valence-corrected chi connectivity index (χ3v) is 5.63. The van der Waals surface area contributed by atoms with E-state index in [1.807, 2.05) is 13.8 Å². The molecule has 0 aromatic heterocycles.